The summed E-state index contributed by atoms with van der Waals surface area (Å²) in [7, 11) is 0. The van der Waals surface area contributed by atoms with E-state index in [1.165, 1.54) is 12.1 Å². The molecule has 1 aliphatic heterocycles. The first-order valence-electron chi connectivity index (χ1n) is 14.5. The lowest BCUT2D eigenvalue weighted by molar-refractivity contribution is -0.388. The summed E-state index contributed by atoms with van der Waals surface area (Å²) in [5.74, 6) is -0.134. The summed E-state index contributed by atoms with van der Waals surface area (Å²) in [4.78, 5) is 31.1. The first-order valence-corrected chi connectivity index (χ1v) is 14.5. The fourth-order valence-electron chi connectivity index (χ4n) is 5.72. The molecular weight excluding hydrogens is 608 g/mol. The van der Waals surface area contributed by atoms with E-state index in [1.54, 1.807) is 17.0 Å². The van der Waals surface area contributed by atoms with Crippen molar-refractivity contribution in [3.05, 3.63) is 75.5 Å². The number of rotatable bonds is 8. The van der Waals surface area contributed by atoms with Crippen LogP contribution in [0.15, 0.2) is 48.5 Å². The molecular formula is C30H31F6N5O4. The molecule has 0 radical (unpaired) electrons. The number of hydrogen-bond acceptors (Lipinski definition) is 7. The molecule has 0 atom stereocenters. The van der Waals surface area contributed by atoms with Crippen LogP contribution in [0.4, 0.5) is 37.7 Å². The van der Waals surface area contributed by atoms with Gasteiger partial charge in [-0.3, -0.25) is 24.8 Å². The van der Waals surface area contributed by atoms with Crippen molar-refractivity contribution in [2.24, 2.45) is 0 Å². The highest BCUT2D eigenvalue weighted by Crippen LogP contribution is 2.38. The second-order valence-electron chi connectivity index (χ2n) is 11.3. The molecule has 45 heavy (non-hydrogen) atoms. The summed E-state index contributed by atoms with van der Waals surface area (Å²) in [6.45, 7) is 2.63. The summed E-state index contributed by atoms with van der Waals surface area (Å²) in [6.07, 6.45) is -7.02. The van der Waals surface area contributed by atoms with Gasteiger partial charge in [0.1, 0.15) is 12.2 Å². The van der Waals surface area contributed by atoms with E-state index >= 15 is 0 Å². The van der Waals surface area contributed by atoms with Gasteiger partial charge in [-0.2, -0.15) is 26.3 Å². The van der Waals surface area contributed by atoms with E-state index in [9.17, 15) is 41.3 Å². The zero-order valence-electron chi connectivity index (χ0n) is 24.0. The number of nitro groups is 1. The highest BCUT2D eigenvalue weighted by atomic mass is 19.4. The zero-order chi connectivity index (χ0) is 32.4. The third-order valence-electron chi connectivity index (χ3n) is 8.17. The van der Waals surface area contributed by atoms with Crippen LogP contribution in [0.25, 0.3) is 10.9 Å². The van der Waals surface area contributed by atoms with E-state index in [-0.39, 0.29) is 30.3 Å². The van der Waals surface area contributed by atoms with Crippen LogP contribution in [0.5, 0.6) is 0 Å². The number of amides is 1. The van der Waals surface area contributed by atoms with Gasteiger partial charge < -0.3 is 15.0 Å². The number of halogens is 6. The fraction of sp³-hybridized carbons (Fsp3) is 0.467. The van der Waals surface area contributed by atoms with Gasteiger partial charge in [-0.05, 0) is 62.1 Å². The van der Waals surface area contributed by atoms with Crippen LogP contribution in [-0.4, -0.2) is 70.5 Å². The number of ether oxygens (including phenoxy) is 1. The molecule has 0 bridgehead atoms. The second kappa shape index (κ2) is 13.2. The van der Waals surface area contributed by atoms with Gasteiger partial charge in [0.2, 0.25) is 5.91 Å². The number of nitrogens with one attached hydrogen (secondary N) is 1. The number of nitrogens with zero attached hydrogens (tertiary/aromatic N) is 4. The van der Waals surface area contributed by atoms with Gasteiger partial charge in [0.25, 0.3) is 5.69 Å². The number of nitro benzene ring substituents is 1. The van der Waals surface area contributed by atoms with Crippen LogP contribution in [0.1, 0.15) is 42.5 Å². The molecule has 2 heterocycles. The molecule has 242 valence electrons. The number of anilines is 1. The average molecular weight is 640 g/mol. The summed E-state index contributed by atoms with van der Waals surface area (Å²) in [5.41, 5.74) is -1.65. The monoisotopic (exact) mass is 639 g/mol. The fourth-order valence-corrected chi connectivity index (χ4v) is 5.72. The molecule has 1 aliphatic carbocycles. The molecule has 0 spiro atoms. The van der Waals surface area contributed by atoms with Crippen molar-refractivity contribution in [2.45, 2.75) is 56.7 Å². The number of pyridine rings is 1. The Labute approximate surface area is 254 Å². The number of aromatic nitrogens is 1. The lowest BCUT2D eigenvalue weighted by atomic mass is 9.92. The number of alkyl halides is 6. The summed E-state index contributed by atoms with van der Waals surface area (Å²) < 4.78 is 84.6. The van der Waals surface area contributed by atoms with Gasteiger partial charge in [-0.1, -0.05) is 6.07 Å². The van der Waals surface area contributed by atoms with Crippen molar-refractivity contribution in [3.63, 3.8) is 0 Å². The van der Waals surface area contributed by atoms with Crippen LogP contribution in [-0.2, 0) is 28.4 Å². The first kappa shape index (κ1) is 32.4. The molecule has 2 fully saturated rings. The van der Waals surface area contributed by atoms with Crippen molar-refractivity contribution in [1.29, 1.82) is 0 Å². The maximum Gasteiger partial charge on any atom is 0.423 e. The molecule has 0 unspecified atom stereocenters. The lowest BCUT2D eigenvalue weighted by Crippen LogP contribution is -2.49. The van der Waals surface area contributed by atoms with Gasteiger partial charge in [-0.25, -0.2) is 0 Å². The van der Waals surface area contributed by atoms with Crippen molar-refractivity contribution in [2.75, 3.05) is 38.1 Å². The Morgan fingerprint density at radius 3 is 2.29 bits per heavy atom. The Kier molecular flexibility index (Phi) is 9.49. The second-order valence-corrected chi connectivity index (χ2v) is 11.3. The smallest absolute Gasteiger partial charge is 0.382 e. The van der Waals surface area contributed by atoms with Gasteiger partial charge in [-0.15, -0.1) is 0 Å². The molecule has 9 nitrogen and oxygen atoms in total. The number of benzene rings is 2. The standard InChI is InChI=1S/C30H31F6N5O4/c31-29(32,33)20-2-9-26-19(15-20)1-3-23(38-26)17-39-11-13-40(14-12-39)28(42)18-45-24-7-4-21(5-8-24)37-22-6-10-27(41(43)44)25(16-22)30(34,35)36/h1-3,6,9-10,15-16,21,24,37H,4-5,7-8,11-14,17-18H2/t21-,24-. The van der Waals surface area contributed by atoms with E-state index < -0.39 is 34.1 Å². The molecule has 1 aromatic heterocycles. The van der Waals surface area contributed by atoms with E-state index in [0.29, 0.717) is 69.3 Å². The summed E-state index contributed by atoms with van der Waals surface area (Å²) in [6, 6.07) is 9.56. The normalized spacial score (nSPS) is 19.9. The van der Waals surface area contributed by atoms with E-state index in [1.807, 2.05) is 0 Å². The van der Waals surface area contributed by atoms with Crippen LogP contribution in [0.2, 0.25) is 0 Å². The zero-order valence-corrected chi connectivity index (χ0v) is 24.0. The number of carbonyl (C=O) groups is 1. The topological polar surface area (TPSA) is 101 Å². The minimum atomic E-state index is -4.85. The number of fused-ring (bicyclic) bond motifs is 1. The van der Waals surface area contributed by atoms with E-state index in [2.05, 4.69) is 15.2 Å². The highest BCUT2D eigenvalue weighted by molar-refractivity contribution is 5.79. The average Bonchev–Trinajstić information content (AvgIpc) is 2.99. The maximum atomic E-state index is 13.3. The molecule has 2 aliphatic rings. The molecule has 1 amide bonds. The molecule has 1 saturated carbocycles. The molecule has 1 saturated heterocycles. The minimum absolute atomic E-state index is 0.0772. The van der Waals surface area contributed by atoms with E-state index in [0.717, 1.165) is 30.0 Å². The van der Waals surface area contributed by atoms with Crippen LogP contribution in [0, 0.1) is 10.1 Å². The Balaban J connectivity index is 1.03. The van der Waals surface area contributed by atoms with Gasteiger partial charge >= 0.3 is 12.4 Å². The molecule has 3 aromatic rings. The van der Waals surface area contributed by atoms with Crippen LogP contribution < -0.4 is 5.32 Å². The number of hydrogen-bond donors (Lipinski definition) is 1. The first-order chi connectivity index (χ1) is 21.3. The SMILES string of the molecule is O=C(CO[C@H]1CC[C@H](Nc2ccc([N+](=O)[O-])c(C(F)(F)F)c2)CC1)N1CCN(Cc2ccc3cc(C(F)(F)F)ccc3n2)CC1. The predicted octanol–water partition coefficient (Wildman–Crippen LogP) is 6.26. The Hall–Kier alpha value is -3.98. The third kappa shape index (κ3) is 8.19. The Bertz CT molecular complexity index is 1530. The number of carbonyl (C=O) groups excluding carboxylic acids is 1. The summed E-state index contributed by atoms with van der Waals surface area (Å²) >= 11 is 0. The summed E-state index contributed by atoms with van der Waals surface area (Å²) in [5, 5.41) is 14.4. The molecule has 1 N–H and O–H groups in total. The van der Waals surface area contributed by atoms with Crippen molar-refractivity contribution < 1.29 is 40.8 Å². The quantitative estimate of drug-likeness (QED) is 0.176. The van der Waals surface area contributed by atoms with Crippen molar-refractivity contribution >= 4 is 28.2 Å². The highest BCUT2D eigenvalue weighted by Gasteiger charge is 2.38. The Morgan fingerprint density at radius 2 is 1.64 bits per heavy atom. The van der Waals surface area contributed by atoms with E-state index in [4.69, 9.17) is 4.74 Å². The largest absolute Gasteiger partial charge is 0.423 e. The maximum absolute atomic E-state index is 13.3. The molecule has 2 aromatic carbocycles. The van der Waals surface area contributed by atoms with Gasteiger partial charge in [0.05, 0.1) is 27.8 Å². The van der Waals surface area contributed by atoms with Crippen molar-refractivity contribution in [3.8, 4) is 0 Å². The van der Waals surface area contributed by atoms with Gasteiger partial charge in [0, 0.05) is 55.9 Å². The predicted molar refractivity (Wildman–Crippen MR) is 152 cm³/mol. The van der Waals surface area contributed by atoms with Crippen LogP contribution >= 0.6 is 0 Å². The lowest BCUT2D eigenvalue weighted by Gasteiger charge is -2.35. The molecule has 15 heteroatoms. The third-order valence-corrected chi connectivity index (χ3v) is 8.17. The van der Waals surface area contributed by atoms with Crippen LogP contribution in [0.3, 0.4) is 0 Å². The van der Waals surface area contributed by atoms with Crippen molar-refractivity contribution in [1.82, 2.24) is 14.8 Å². The Morgan fingerprint density at radius 1 is 0.933 bits per heavy atom. The minimum Gasteiger partial charge on any atom is -0.382 e. The van der Waals surface area contributed by atoms with Gasteiger partial charge in [0.15, 0.2) is 0 Å². The number of piperazine rings is 1. The molecule has 5 rings (SSSR count).